The second-order valence-electron chi connectivity index (χ2n) is 7.05. The Hall–Kier alpha value is -2.29. The molecule has 3 heteroatoms. The Kier molecular flexibility index (Phi) is 5.09. The lowest BCUT2D eigenvalue weighted by molar-refractivity contribution is -0.114. The molecule has 0 aliphatic rings. The molecule has 0 fully saturated rings. The molecule has 2 aromatic carbocycles. The molecule has 0 saturated heterocycles. The van der Waals surface area contributed by atoms with Crippen molar-refractivity contribution >= 4 is 17.3 Å². The maximum absolute atomic E-state index is 12.1. The third kappa shape index (κ3) is 4.85. The van der Waals surface area contributed by atoms with Crippen LogP contribution in [0.4, 0.5) is 11.4 Å². The molecule has 2 aromatic rings. The van der Waals surface area contributed by atoms with Gasteiger partial charge in [-0.3, -0.25) is 4.79 Å². The predicted molar refractivity (Wildman–Crippen MR) is 98.2 cm³/mol. The molecule has 2 rings (SSSR count). The van der Waals surface area contributed by atoms with Crippen LogP contribution < -0.4 is 10.6 Å². The van der Waals surface area contributed by atoms with Crippen molar-refractivity contribution < 1.29 is 4.79 Å². The zero-order valence-corrected chi connectivity index (χ0v) is 14.7. The normalized spacial score (nSPS) is 11.2. The van der Waals surface area contributed by atoms with E-state index in [1.54, 1.807) is 0 Å². The number of anilines is 2. The van der Waals surface area contributed by atoms with Crippen molar-refractivity contribution in [1.29, 1.82) is 0 Å². The number of aryl methyl sites for hydroxylation is 2. The van der Waals surface area contributed by atoms with Crippen LogP contribution in [0.1, 0.15) is 37.5 Å². The van der Waals surface area contributed by atoms with Gasteiger partial charge in [0.1, 0.15) is 0 Å². The number of benzene rings is 2. The highest BCUT2D eigenvalue weighted by Gasteiger charge is 2.13. The summed E-state index contributed by atoms with van der Waals surface area (Å²) in [5.41, 5.74) is 5.51. The summed E-state index contributed by atoms with van der Waals surface area (Å²) < 4.78 is 0. The molecule has 2 N–H and O–H groups in total. The van der Waals surface area contributed by atoms with Crippen LogP contribution in [0.2, 0.25) is 0 Å². The van der Waals surface area contributed by atoms with Crippen molar-refractivity contribution in [1.82, 2.24) is 0 Å². The molecule has 0 saturated carbocycles. The Morgan fingerprint density at radius 3 is 2.26 bits per heavy atom. The van der Waals surface area contributed by atoms with Crippen LogP contribution in [0.25, 0.3) is 0 Å². The first-order valence-corrected chi connectivity index (χ1v) is 7.97. The second-order valence-corrected chi connectivity index (χ2v) is 7.05. The van der Waals surface area contributed by atoms with E-state index in [4.69, 9.17) is 0 Å². The lowest BCUT2D eigenvalue weighted by atomic mass is 9.87. The van der Waals surface area contributed by atoms with Gasteiger partial charge in [-0.2, -0.15) is 0 Å². The standard InChI is InChI=1S/C20H26N2O/c1-14-6-7-15(2)18(12-14)21-13-19(23)22-17-10-8-16(9-11-17)20(3,4)5/h6-12,21H,13H2,1-5H3,(H,22,23). The number of carbonyl (C=O) groups excluding carboxylic acids is 1. The summed E-state index contributed by atoms with van der Waals surface area (Å²) in [5, 5.41) is 6.12. The Labute approximate surface area is 139 Å². The summed E-state index contributed by atoms with van der Waals surface area (Å²) in [5.74, 6) is -0.0468. The Morgan fingerprint density at radius 2 is 1.65 bits per heavy atom. The van der Waals surface area contributed by atoms with E-state index in [2.05, 4.69) is 61.7 Å². The van der Waals surface area contributed by atoms with Crippen molar-refractivity contribution in [2.75, 3.05) is 17.2 Å². The third-order valence-electron chi connectivity index (χ3n) is 3.87. The lowest BCUT2D eigenvalue weighted by Gasteiger charge is -2.19. The highest BCUT2D eigenvalue weighted by Crippen LogP contribution is 2.23. The summed E-state index contributed by atoms with van der Waals surface area (Å²) in [6, 6.07) is 14.2. The van der Waals surface area contributed by atoms with Gasteiger partial charge in [0, 0.05) is 11.4 Å². The molecule has 122 valence electrons. The first-order valence-electron chi connectivity index (χ1n) is 7.97. The van der Waals surface area contributed by atoms with E-state index >= 15 is 0 Å². The third-order valence-corrected chi connectivity index (χ3v) is 3.87. The van der Waals surface area contributed by atoms with E-state index in [1.165, 1.54) is 11.1 Å². The van der Waals surface area contributed by atoms with Gasteiger partial charge in [0.2, 0.25) is 5.91 Å². The Balaban J connectivity index is 1.93. The molecule has 1 amide bonds. The van der Waals surface area contributed by atoms with Gasteiger partial charge in [-0.05, 0) is 54.2 Å². The number of nitrogens with one attached hydrogen (secondary N) is 2. The molecule has 23 heavy (non-hydrogen) atoms. The minimum atomic E-state index is -0.0468. The van der Waals surface area contributed by atoms with Gasteiger partial charge < -0.3 is 10.6 Å². The van der Waals surface area contributed by atoms with Gasteiger partial charge in [-0.25, -0.2) is 0 Å². The van der Waals surface area contributed by atoms with Gasteiger partial charge in [-0.15, -0.1) is 0 Å². The van der Waals surface area contributed by atoms with Crippen LogP contribution in [0.5, 0.6) is 0 Å². The molecule has 0 aliphatic heterocycles. The van der Waals surface area contributed by atoms with Crippen LogP contribution in [-0.4, -0.2) is 12.5 Å². The fourth-order valence-electron chi connectivity index (χ4n) is 2.36. The van der Waals surface area contributed by atoms with Crippen molar-refractivity contribution in [3.05, 3.63) is 59.2 Å². The fourth-order valence-corrected chi connectivity index (χ4v) is 2.36. The van der Waals surface area contributed by atoms with Gasteiger partial charge in [0.05, 0.1) is 6.54 Å². The van der Waals surface area contributed by atoms with E-state index in [-0.39, 0.29) is 17.9 Å². The molecule has 0 aromatic heterocycles. The minimum absolute atomic E-state index is 0.0468. The van der Waals surface area contributed by atoms with Crippen molar-refractivity contribution in [2.45, 2.75) is 40.0 Å². The number of hydrogen-bond acceptors (Lipinski definition) is 2. The smallest absolute Gasteiger partial charge is 0.243 e. The van der Waals surface area contributed by atoms with Gasteiger partial charge >= 0.3 is 0 Å². The van der Waals surface area contributed by atoms with E-state index in [9.17, 15) is 4.79 Å². The quantitative estimate of drug-likeness (QED) is 0.863. The van der Waals surface area contributed by atoms with Crippen molar-refractivity contribution in [3.8, 4) is 0 Å². The minimum Gasteiger partial charge on any atom is -0.376 e. The molecular weight excluding hydrogens is 284 g/mol. The van der Waals surface area contributed by atoms with Crippen LogP contribution in [0, 0.1) is 13.8 Å². The Bertz CT molecular complexity index is 682. The first-order chi connectivity index (χ1) is 10.8. The molecule has 3 nitrogen and oxygen atoms in total. The topological polar surface area (TPSA) is 41.1 Å². The predicted octanol–water partition coefficient (Wildman–Crippen LogP) is 4.65. The lowest BCUT2D eigenvalue weighted by Crippen LogP contribution is -2.22. The molecule has 0 atom stereocenters. The molecule has 0 bridgehead atoms. The molecule has 0 unspecified atom stereocenters. The number of hydrogen-bond donors (Lipinski definition) is 2. The first kappa shape index (κ1) is 17.1. The monoisotopic (exact) mass is 310 g/mol. The largest absolute Gasteiger partial charge is 0.376 e. The second kappa shape index (κ2) is 6.86. The van der Waals surface area contributed by atoms with Crippen LogP contribution in [-0.2, 0) is 10.2 Å². The average Bonchev–Trinajstić information content (AvgIpc) is 2.48. The van der Waals surface area contributed by atoms with E-state index in [1.807, 2.05) is 26.0 Å². The van der Waals surface area contributed by atoms with Gasteiger partial charge in [-0.1, -0.05) is 45.0 Å². The van der Waals surface area contributed by atoms with Crippen molar-refractivity contribution in [3.63, 3.8) is 0 Å². The van der Waals surface area contributed by atoms with E-state index in [0.29, 0.717) is 0 Å². The Morgan fingerprint density at radius 1 is 1.00 bits per heavy atom. The van der Waals surface area contributed by atoms with Gasteiger partial charge in [0.15, 0.2) is 0 Å². The SMILES string of the molecule is Cc1ccc(C)c(NCC(=O)Nc2ccc(C(C)(C)C)cc2)c1. The summed E-state index contributed by atoms with van der Waals surface area (Å²) >= 11 is 0. The van der Waals surface area contributed by atoms with Crippen LogP contribution in [0.15, 0.2) is 42.5 Å². The highest BCUT2D eigenvalue weighted by atomic mass is 16.1. The van der Waals surface area contributed by atoms with E-state index < -0.39 is 0 Å². The summed E-state index contributed by atoms with van der Waals surface area (Å²) in [4.78, 5) is 12.1. The van der Waals surface area contributed by atoms with Crippen LogP contribution in [0.3, 0.4) is 0 Å². The van der Waals surface area contributed by atoms with Crippen molar-refractivity contribution in [2.24, 2.45) is 0 Å². The summed E-state index contributed by atoms with van der Waals surface area (Å²) in [7, 11) is 0. The van der Waals surface area contributed by atoms with E-state index in [0.717, 1.165) is 16.9 Å². The number of amides is 1. The fraction of sp³-hybridized carbons (Fsp3) is 0.350. The number of rotatable bonds is 4. The maximum Gasteiger partial charge on any atom is 0.243 e. The zero-order valence-electron chi connectivity index (χ0n) is 14.7. The molecule has 0 spiro atoms. The maximum atomic E-state index is 12.1. The summed E-state index contributed by atoms with van der Waals surface area (Å²) in [6.45, 7) is 10.9. The molecule has 0 aliphatic carbocycles. The number of carbonyl (C=O) groups is 1. The molecular formula is C20H26N2O. The zero-order chi connectivity index (χ0) is 17.0. The average molecular weight is 310 g/mol. The highest BCUT2D eigenvalue weighted by molar-refractivity contribution is 5.93. The summed E-state index contributed by atoms with van der Waals surface area (Å²) in [6.07, 6.45) is 0. The molecule has 0 radical (unpaired) electrons. The molecule has 0 heterocycles. The van der Waals surface area contributed by atoms with Gasteiger partial charge in [0.25, 0.3) is 0 Å². The van der Waals surface area contributed by atoms with Crippen LogP contribution >= 0.6 is 0 Å².